The Morgan fingerprint density at radius 3 is 2.39 bits per heavy atom. The number of nitrogens with one attached hydrogen (secondary N) is 2. The Kier molecular flexibility index (Phi) is 8.05. The SMILES string of the molecule is COC(=O)c1ccc(NCC(CCc2ccc(C#N)cc2)C2(OC)CCNCC2)cc1. The summed E-state index contributed by atoms with van der Waals surface area (Å²) in [6.07, 6.45) is 3.86. The van der Waals surface area contributed by atoms with Gasteiger partial charge in [-0.3, -0.25) is 0 Å². The molecule has 2 aromatic carbocycles. The number of esters is 1. The lowest BCUT2D eigenvalue weighted by atomic mass is 9.76. The first kappa shape index (κ1) is 22.8. The Balaban J connectivity index is 1.70. The van der Waals surface area contributed by atoms with E-state index in [4.69, 9.17) is 14.7 Å². The van der Waals surface area contributed by atoms with Gasteiger partial charge in [-0.1, -0.05) is 12.1 Å². The van der Waals surface area contributed by atoms with Crippen molar-refractivity contribution in [2.45, 2.75) is 31.3 Å². The molecule has 2 aromatic rings. The standard InChI is InChI=1S/C25H31N3O3/c1-30-24(29)21-8-11-23(12-9-21)28-18-22(25(31-2)13-15-27-16-14-25)10-7-19-3-5-20(17-26)6-4-19/h3-6,8-9,11-12,22,27-28H,7,10,13-16,18H2,1-2H3. The molecule has 0 aromatic heterocycles. The van der Waals surface area contributed by atoms with Gasteiger partial charge >= 0.3 is 5.97 Å². The number of carbonyl (C=O) groups is 1. The molecule has 6 heteroatoms. The third-order valence-electron chi connectivity index (χ3n) is 6.32. The van der Waals surface area contributed by atoms with Crippen LogP contribution in [0.5, 0.6) is 0 Å². The van der Waals surface area contributed by atoms with E-state index in [1.165, 1.54) is 12.7 Å². The quantitative estimate of drug-likeness (QED) is 0.600. The number of rotatable bonds is 9. The first-order valence-corrected chi connectivity index (χ1v) is 10.8. The number of anilines is 1. The first-order chi connectivity index (χ1) is 15.1. The number of hydrogen-bond donors (Lipinski definition) is 2. The lowest BCUT2D eigenvalue weighted by Crippen LogP contribution is -2.50. The summed E-state index contributed by atoms with van der Waals surface area (Å²) in [6.45, 7) is 2.69. The molecule has 1 aliphatic heterocycles. The first-order valence-electron chi connectivity index (χ1n) is 10.8. The summed E-state index contributed by atoms with van der Waals surface area (Å²) in [5, 5.41) is 16.0. The average molecular weight is 422 g/mol. The monoisotopic (exact) mass is 421 g/mol. The van der Waals surface area contributed by atoms with Crippen molar-refractivity contribution in [3.8, 4) is 6.07 Å². The van der Waals surface area contributed by atoms with Crippen LogP contribution in [0.15, 0.2) is 48.5 Å². The normalized spacial score (nSPS) is 16.2. The van der Waals surface area contributed by atoms with E-state index in [1.807, 2.05) is 43.5 Å². The van der Waals surface area contributed by atoms with E-state index in [0.29, 0.717) is 17.0 Å². The lowest BCUT2D eigenvalue weighted by Gasteiger charge is -2.43. The minimum absolute atomic E-state index is 0.170. The molecule has 0 bridgehead atoms. The van der Waals surface area contributed by atoms with Crippen molar-refractivity contribution in [1.29, 1.82) is 5.26 Å². The number of ether oxygens (including phenoxy) is 2. The molecule has 1 fully saturated rings. The van der Waals surface area contributed by atoms with Gasteiger partial charge in [0.25, 0.3) is 0 Å². The molecular weight excluding hydrogens is 390 g/mol. The molecule has 6 nitrogen and oxygen atoms in total. The molecule has 1 aliphatic rings. The van der Waals surface area contributed by atoms with Crippen molar-refractivity contribution in [3.05, 3.63) is 65.2 Å². The third kappa shape index (κ3) is 5.84. The third-order valence-corrected chi connectivity index (χ3v) is 6.32. The Bertz CT molecular complexity index is 882. The Morgan fingerprint density at radius 2 is 1.81 bits per heavy atom. The van der Waals surface area contributed by atoms with Crippen molar-refractivity contribution in [2.24, 2.45) is 5.92 Å². The van der Waals surface area contributed by atoms with Crippen molar-refractivity contribution in [3.63, 3.8) is 0 Å². The molecule has 0 spiro atoms. The Labute approximate surface area is 184 Å². The molecule has 31 heavy (non-hydrogen) atoms. The number of nitriles is 1. The predicted molar refractivity (Wildman–Crippen MR) is 121 cm³/mol. The zero-order valence-corrected chi connectivity index (χ0v) is 18.3. The summed E-state index contributed by atoms with van der Waals surface area (Å²) in [5.41, 5.74) is 3.25. The fraction of sp³-hybridized carbons (Fsp3) is 0.440. The molecule has 0 radical (unpaired) electrons. The smallest absolute Gasteiger partial charge is 0.337 e. The van der Waals surface area contributed by atoms with Gasteiger partial charge in [0, 0.05) is 25.3 Å². The molecule has 3 rings (SSSR count). The fourth-order valence-corrected chi connectivity index (χ4v) is 4.35. The number of methoxy groups -OCH3 is 2. The van der Waals surface area contributed by atoms with Crippen LogP contribution in [-0.4, -0.2) is 45.4 Å². The summed E-state index contributed by atoms with van der Waals surface area (Å²) >= 11 is 0. The van der Waals surface area contributed by atoms with E-state index in [-0.39, 0.29) is 11.6 Å². The fourth-order valence-electron chi connectivity index (χ4n) is 4.35. The minimum atomic E-state index is -0.333. The molecule has 2 N–H and O–H groups in total. The molecule has 1 heterocycles. The number of hydrogen-bond acceptors (Lipinski definition) is 6. The lowest BCUT2D eigenvalue weighted by molar-refractivity contribution is -0.0778. The van der Waals surface area contributed by atoms with Crippen molar-refractivity contribution < 1.29 is 14.3 Å². The molecular formula is C25H31N3O3. The van der Waals surface area contributed by atoms with Gasteiger partial charge in [-0.05, 0) is 80.7 Å². The highest BCUT2D eigenvalue weighted by Crippen LogP contribution is 2.34. The van der Waals surface area contributed by atoms with Gasteiger partial charge in [0.1, 0.15) is 0 Å². The van der Waals surface area contributed by atoms with E-state index < -0.39 is 0 Å². The Morgan fingerprint density at radius 1 is 1.13 bits per heavy atom. The topological polar surface area (TPSA) is 83.4 Å². The minimum Gasteiger partial charge on any atom is -0.465 e. The number of aryl methyl sites for hydroxylation is 1. The molecule has 1 atom stereocenters. The van der Waals surface area contributed by atoms with Crippen LogP contribution in [-0.2, 0) is 15.9 Å². The van der Waals surface area contributed by atoms with Crippen LogP contribution >= 0.6 is 0 Å². The second kappa shape index (κ2) is 10.9. The van der Waals surface area contributed by atoms with E-state index >= 15 is 0 Å². The Hall–Kier alpha value is -2.88. The zero-order chi connectivity index (χ0) is 22.1. The van der Waals surface area contributed by atoms with Gasteiger partial charge < -0.3 is 20.1 Å². The van der Waals surface area contributed by atoms with Crippen molar-refractivity contribution >= 4 is 11.7 Å². The molecule has 0 amide bonds. The van der Waals surface area contributed by atoms with Crippen LogP contribution in [0, 0.1) is 17.2 Å². The van der Waals surface area contributed by atoms with Crippen LogP contribution in [0.1, 0.15) is 40.7 Å². The van der Waals surface area contributed by atoms with E-state index in [9.17, 15) is 4.79 Å². The van der Waals surface area contributed by atoms with Gasteiger partial charge in [0.15, 0.2) is 0 Å². The molecule has 1 saturated heterocycles. The summed E-state index contributed by atoms with van der Waals surface area (Å²) in [5.74, 6) is -0.0181. The van der Waals surface area contributed by atoms with Crippen LogP contribution in [0.4, 0.5) is 5.69 Å². The highest BCUT2D eigenvalue weighted by molar-refractivity contribution is 5.89. The molecule has 0 saturated carbocycles. The van der Waals surface area contributed by atoms with E-state index in [1.54, 1.807) is 12.1 Å². The molecule has 1 unspecified atom stereocenters. The maximum absolute atomic E-state index is 11.7. The van der Waals surface area contributed by atoms with E-state index in [2.05, 4.69) is 16.7 Å². The van der Waals surface area contributed by atoms with Gasteiger partial charge in [-0.25, -0.2) is 4.79 Å². The molecule has 164 valence electrons. The summed E-state index contributed by atoms with van der Waals surface area (Å²) < 4.78 is 10.9. The predicted octanol–water partition coefficient (Wildman–Crippen LogP) is 3.77. The highest BCUT2D eigenvalue weighted by atomic mass is 16.5. The number of carbonyl (C=O) groups excluding carboxylic acids is 1. The van der Waals surface area contributed by atoms with Crippen molar-refractivity contribution in [2.75, 3.05) is 39.2 Å². The van der Waals surface area contributed by atoms with Crippen LogP contribution in [0.25, 0.3) is 0 Å². The second-order valence-electron chi connectivity index (χ2n) is 8.01. The number of benzene rings is 2. The number of piperidine rings is 1. The summed E-state index contributed by atoms with van der Waals surface area (Å²) in [7, 11) is 3.21. The summed E-state index contributed by atoms with van der Waals surface area (Å²) in [4.78, 5) is 11.7. The van der Waals surface area contributed by atoms with Crippen LogP contribution in [0.2, 0.25) is 0 Å². The van der Waals surface area contributed by atoms with Gasteiger partial charge in [0.05, 0.1) is 29.9 Å². The van der Waals surface area contributed by atoms with Crippen LogP contribution < -0.4 is 10.6 Å². The zero-order valence-electron chi connectivity index (χ0n) is 18.3. The summed E-state index contributed by atoms with van der Waals surface area (Å²) in [6, 6.07) is 17.4. The number of nitrogens with zero attached hydrogens (tertiary/aromatic N) is 1. The second-order valence-corrected chi connectivity index (χ2v) is 8.01. The van der Waals surface area contributed by atoms with Crippen LogP contribution in [0.3, 0.4) is 0 Å². The largest absolute Gasteiger partial charge is 0.465 e. The highest BCUT2D eigenvalue weighted by Gasteiger charge is 2.39. The van der Waals surface area contributed by atoms with E-state index in [0.717, 1.165) is 51.0 Å². The maximum atomic E-state index is 11.7. The maximum Gasteiger partial charge on any atom is 0.337 e. The van der Waals surface area contributed by atoms with Gasteiger partial charge in [0.2, 0.25) is 0 Å². The van der Waals surface area contributed by atoms with Gasteiger partial charge in [-0.2, -0.15) is 5.26 Å². The van der Waals surface area contributed by atoms with Gasteiger partial charge in [-0.15, -0.1) is 0 Å². The molecule has 0 aliphatic carbocycles. The average Bonchev–Trinajstić information content (AvgIpc) is 2.84. The van der Waals surface area contributed by atoms with Crippen molar-refractivity contribution in [1.82, 2.24) is 5.32 Å².